The van der Waals surface area contributed by atoms with Crippen LogP contribution in [0.3, 0.4) is 0 Å². The van der Waals surface area contributed by atoms with Crippen molar-refractivity contribution < 1.29 is 9.53 Å². The Bertz CT molecular complexity index is 946. The predicted molar refractivity (Wildman–Crippen MR) is 124 cm³/mol. The summed E-state index contributed by atoms with van der Waals surface area (Å²) in [5, 5.41) is 3.49. The number of hydrogen-bond acceptors (Lipinski definition) is 5. The molecule has 6 nitrogen and oxygen atoms in total. The van der Waals surface area contributed by atoms with E-state index in [1.165, 1.54) is 6.42 Å². The highest BCUT2D eigenvalue weighted by Gasteiger charge is 2.34. The number of rotatable bonds is 2. The number of pyridine rings is 1. The van der Waals surface area contributed by atoms with Gasteiger partial charge in [-0.05, 0) is 55.4 Å². The maximum absolute atomic E-state index is 13.9. The number of carbonyl (C=O) groups is 1. The minimum atomic E-state index is 0.0804. The Morgan fingerprint density at radius 2 is 1.87 bits per heavy atom. The van der Waals surface area contributed by atoms with Crippen LogP contribution in [0.25, 0.3) is 0 Å². The summed E-state index contributed by atoms with van der Waals surface area (Å²) < 4.78 is 5.53. The van der Waals surface area contributed by atoms with Crippen molar-refractivity contribution in [2.24, 2.45) is 17.8 Å². The van der Waals surface area contributed by atoms with E-state index in [0.717, 1.165) is 67.6 Å². The van der Waals surface area contributed by atoms with Crippen LogP contribution in [-0.2, 0) is 16.1 Å². The molecule has 0 spiro atoms. The van der Waals surface area contributed by atoms with Crippen molar-refractivity contribution in [3.05, 3.63) is 42.1 Å². The van der Waals surface area contributed by atoms with E-state index in [9.17, 15) is 4.79 Å². The lowest BCUT2D eigenvalue weighted by atomic mass is 9.76. The number of ether oxygens (including phenoxy) is 1. The van der Waals surface area contributed by atoms with E-state index in [4.69, 9.17) is 4.74 Å². The van der Waals surface area contributed by atoms with E-state index in [2.05, 4.69) is 53.3 Å². The normalized spacial score (nSPS) is 25.8. The molecular weight excluding hydrogens is 388 g/mol. The van der Waals surface area contributed by atoms with Crippen LogP contribution in [0.5, 0.6) is 0 Å². The first-order valence-electron chi connectivity index (χ1n) is 11.6. The molecule has 3 heterocycles. The molecule has 1 aromatic heterocycles. The van der Waals surface area contributed by atoms with E-state index in [0.29, 0.717) is 18.4 Å². The van der Waals surface area contributed by atoms with E-state index in [1.54, 1.807) is 6.20 Å². The van der Waals surface area contributed by atoms with Crippen molar-refractivity contribution in [3.63, 3.8) is 0 Å². The van der Waals surface area contributed by atoms with E-state index >= 15 is 0 Å². The summed E-state index contributed by atoms with van der Waals surface area (Å²) in [6.45, 7) is 8.34. The van der Waals surface area contributed by atoms with Crippen molar-refractivity contribution in [2.45, 2.75) is 39.7 Å². The summed E-state index contributed by atoms with van der Waals surface area (Å²) in [5.41, 5.74) is 4.10. The van der Waals surface area contributed by atoms with Crippen LogP contribution in [0.1, 0.15) is 38.7 Å². The average molecular weight is 421 g/mol. The third kappa shape index (κ3) is 4.13. The summed E-state index contributed by atoms with van der Waals surface area (Å²) >= 11 is 0. The van der Waals surface area contributed by atoms with Gasteiger partial charge in [-0.2, -0.15) is 0 Å². The molecule has 2 unspecified atom stereocenters. The number of aromatic nitrogens is 1. The first kappa shape index (κ1) is 20.3. The largest absolute Gasteiger partial charge is 0.378 e. The van der Waals surface area contributed by atoms with Crippen LogP contribution in [-0.4, -0.2) is 37.2 Å². The number of nitrogens with one attached hydrogen (secondary N) is 1. The van der Waals surface area contributed by atoms with Crippen molar-refractivity contribution >= 4 is 28.8 Å². The summed E-state index contributed by atoms with van der Waals surface area (Å²) in [4.78, 5) is 22.8. The lowest BCUT2D eigenvalue weighted by molar-refractivity contribution is -0.124. The second kappa shape index (κ2) is 8.50. The average Bonchev–Trinajstić information content (AvgIpc) is 2.95. The highest BCUT2D eigenvalue weighted by Crippen LogP contribution is 2.41. The van der Waals surface area contributed by atoms with Gasteiger partial charge in [0.1, 0.15) is 5.82 Å². The van der Waals surface area contributed by atoms with Gasteiger partial charge in [0.2, 0.25) is 5.91 Å². The van der Waals surface area contributed by atoms with E-state index < -0.39 is 0 Å². The molecule has 1 aromatic carbocycles. The molecule has 5 rings (SSSR count). The highest BCUT2D eigenvalue weighted by atomic mass is 16.5. The molecule has 2 aromatic rings. The Hall–Kier alpha value is -2.60. The van der Waals surface area contributed by atoms with Crippen LogP contribution >= 0.6 is 0 Å². The molecule has 2 aliphatic heterocycles. The first-order valence-corrected chi connectivity index (χ1v) is 11.6. The molecule has 0 bridgehead atoms. The van der Waals surface area contributed by atoms with Gasteiger partial charge in [0.15, 0.2) is 0 Å². The van der Waals surface area contributed by atoms with Gasteiger partial charge in [-0.15, -0.1) is 0 Å². The molecule has 1 saturated heterocycles. The van der Waals surface area contributed by atoms with Gasteiger partial charge in [-0.3, -0.25) is 4.79 Å². The van der Waals surface area contributed by atoms with Gasteiger partial charge in [-0.25, -0.2) is 4.98 Å². The Morgan fingerprint density at radius 1 is 1.10 bits per heavy atom. The lowest BCUT2D eigenvalue weighted by Gasteiger charge is -2.35. The van der Waals surface area contributed by atoms with Crippen molar-refractivity contribution in [2.75, 3.05) is 41.4 Å². The van der Waals surface area contributed by atoms with Gasteiger partial charge in [0.25, 0.3) is 0 Å². The van der Waals surface area contributed by atoms with Crippen molar-refractivity contribution in [1.29, 1.82) is 0 Å². The maximum Gasteiger partial charge on any atom is 0.230 e. The molecule has 1 N–H and O–H groups in total. The number of nitrogens with zero attached hydrogens (tertiary/aromatic N) is 3. The minimum Gasteiger partial charge on any atom is -0.378 e. The highest BCUT2D eigenvalue weighted by molar-refractivity contribution is 6.00. The zero-order valence-corrected chi connectivity index (χ0v) is 18.5. The van der Waals surface area contributed by atoms with Gasteiger partial charge in [0.05, 0.1) is 31.1 Å². The number of anilines is 4. The van der Waals surface area contributed by atoms with Crippen molar-refractivity contribution in [3.8, 4) is 0 Å². The number of fused-ring (bicyclic) bond motifs is 2. The molecular formula is C25H32N4O2. The second-order valence-corrected chi connectivity index (χ2v) is 9.48. The first-order chi connectivity index (χ1) is 15.1. The summed E-state index contributed by atoms with van der Waals surface area (Å²) in [6, 6.07) is 10.4. The Balaban J connectivity index is 1.53. The van der Waals surface area contributed by atoms with Crippen LogP contribution in [0, 0.1) is 17.8 Å². The van der Waals surface area contributed by atoms with Crippen LogP contribution in [0.4, 0.5) is 22.9 Å². The Labute approximate surface area is 184 Å². The maximum atomic E-state index is 13.9. The SMILES string of the molecule is CC1CC(C)CC(C(=O)N2Cc3cccnc3Nc3ccc(N4CCOCC4)cc32)C1. The van der Waals surface area contributed by atoms with Gasteiger partial charge in [0, 0.05) is 36.5 Å². The Kier molecular flexibility index (Phi) is 5.57. The predicted octanol–water partition coefficient (Wildman–Crippen LogP) is 4.58. The zero-order chi connectivity index (χ0) is 21.4. The fraction of sp³-hybridized carbons (Fsp3) is 0.520. The van der Waals surface area contributed by atoms with E-state index in [1.807, 2.05) is 11.0 Å². The summed E-state index contributed by atoms with van der Waals surface area (Å²) in [6.07, 6.45) is 4.97. The lowest BCUT2D eigenvalue weighted by Crippen LogP contribution is -2.39. The second-order valence-electron chi connectivity index (χ2n) is 9.48. The molecule has 164 valence electrons. The third-order valence-corrected chi connectivity index (χ3v) is 6.91. The molecule has 2 fully saturated rings. The van der Waals surface area contributed by atoms with Crippen LogP contribution in [0.15, 0.2) is 36.5 Å². The zero-order valence-electron chi connectivity index (χ0n) is 18.5. The topological polar surface area (TPSA) is 57.7 Å². The quantitative estimate of drug-likeness (QED) is 0.771. The van der Waals surface area contributed by atoms with Crippen LogP contribution in [0.2, 0.25) is 0 Å². The monoisotopic (exact) mass is 420 g/mol. The molecule has 1 amide bonds. The summed E-state index contributed by atoms with van der Waals surface area (Å²) in [5.74, 6) is 2.35. The Morgan fingerprint density at radius 3 is 2.65 bits per heavy atom. The standard InChI is InChI=1S/C25H32N4O2/c1-17-12-18(2)14-20(13-17)25(30)29-16-19-4-3-7-26-24(19)27-22-6-5-21(15-23(22)29)28-8-10-31-11-9-28/h3-7,15,17-18,20H,8-14,16H2,1-2H3,(H,26,27). The van der Waals surface area contributed by atoms with E-state index in [-0.39, 0.29) is 11.8 Å². The van der Waals surface area contributed by atoms with Gasteiger partial charge in [-0.1, -0.05) is 19.9 Å². The molecule has 1 aliphatic carbocycles. The number of hydrogen-bond donors (Lipinski definition) is 1. The van der Waals surface area contributed by atoms with Crippen molar-refractivity contribution in [1.82, 2.24) is 4.98 Å². The molecule has 31 heavy (non-hydrogen) atoms. The number of morpholine rings is 1. The fourth-order valence-corrected chi connectivity index (χ4v) is 5.49. The number of amides is 1. The van der Waals surface area contributed by atoms with Gasteiger partial charge < -0.3 is 19.9 Å². The molecule has 2 atom stereocenters. The molecule has 6 heteroatoms. The summed E-state index contributed by atoms with van der Waals surface area (Å²) in [7, 11) is 0. The fourth-order valence-electron chi connectivity index (χ4n) is 5.49. The molecule has 3 aliphatic rings. The molecule has 1 saturated carbocycles. The minimum absolute atomic E-state index is 0.0804. The number of carbonyl (C=O) groups excluding carboxylic acids is 1. The third-order valence-electron chi connectivity index (χ3n) is 6.91. The smallest absolute Gasteiger partial charge is 0.230 e. The van der Waals surface area contributed by atoms with Gasteiger partial charge >= 0.3 is 0 Å². The number of benzene rings is 1. The van der Waals surface area contributed by atoms with Crippen LogP contribution < -0.4 is 15.1 Å². The molecule has 0 radical (unpaired) electrons.